The van der Waals surface area contributed by atoms with E-state index in [2.05, 4.69) is 67.7 Å². The highest BCUT2D eigenvalue weighted by Gasteiger charge is 2.29. The third-order valence-electron chi connectivity index (χ3n) is 5.12. The molecule has 230 valence electrons. The molecule has 0 atom stereocenters. The SMILES string of the molecule is BrB(Br)Br.COc1c(F)cc(F)cc1C(=O)C1=NN=C(SC)C1.CS(=O)(=O)C1=NN=C(C(=O)c2cc(F)cc(F)c2O)C1. The van der Waals surface area contributed by atoms with Crippen molar-refractivity contribution < 1.29 is 45.4 Å². The lowest BCUT2D eigenvalue weighted by Gasteiger charge is -2.08. The predicted octanol–water partition coefficient (Wildman–Crippen LogP) is 5.89. The van der Waals surface area contributed by atoms with Crippen LogP contribution in [-0.4, -0.2) is 69.4 Å². The number of ether oxygens (including phenoxy) is 1. The number of sulfone groups is 1. The van der Waals surface area contributed by atoms with Crippen molar-refractivity contribution in [2.24, 2.45) is 20.4 Å². The van der Waals surface area contributed by atoms with Crippen LogP contribution in [0.5, 0.6) is 11.5 Å². The zero-order valence-corrected chi connectivity index (χ0v) is 28.4. The molecule has 0 aliphatic carbocycles. The third-order valence-corrected chi connectivity index (χ3v) is 6.90. The Bertz CT molecular complexity index is 1670. The fourth-order valence-corrected chi connectivity index (χ4v) is 4.21. The van der Waals surface area contributed by atoms with E-state index in [1.165, 1.54) is 18.9 Å². The Morgan fingerprint density at radius 1 is 0.884 bits per heavy atom. The molecule has 0 bridgehead atoms. The molecule has 0 aromatic heterocycles. The maximum atomic E-state index is 13.5. The highest BCUT2D eigenvalue weighted by atomic mass is 79.9. The topological polar surface area (TPSA) is 147 Å². The first-order valence-electron chi connectivity index (χ1n) is 11.2. The van der Waals surface area contributed by atoms with E-state index in [4.69, 9.17) is 4.74 Å². The smallest absolute Gasteiger partial charge is 0.369 e. The van der Waals surface area contributed by atoms with Crippen molar-refractivity contribution in [3.8, 4) is 11.5 Å². The normalized spacial score (nSPS) is 13.8. The molecule has 0 radical (unpaired) electrons. The van der Waals surface area contributed by atoms with Gasteiger partial charge in [-0.2, -0.15) is 10.2 Å². The second kappa shape index (κ2) is 16.1. The van der Waals surface area contributed by atoms with Crippen LogP contribution in [0.1, 0.15) is 33.6 Å². The largest absolute Gasteiger partial charge is 0.504 e. The van der Waals surface area contributed by atoms with E-state index >= 15 is 0 Å². The van der Waals surface area contributed by atoms with Crippen LogP contribution in [0.2, 0.25) is 0 Å². The molecule has 0 saturated carbocycles. The first kappa shape index (κ1) is 36.8. The van der Waals surface area contributed by atoms with Crippen LogP contribution in [0.3, 0.4) is 0 Å². The summed E-state index contributed by atoms with van der Waals surface area (Å²) in [5.74, 6) is -6.98. The van der Waals surface area contributed by atoms with E-state index in [0.717, 1.165) is 12.3 Å². The van der Waals surface area contributed by atoms with Crippen LogP contribution < -0.4 is 4.74 Å². The number of rotatable bonds is 5. The summed E-state index contributed by atoms with van der Waals surface area (Å²) in [6, 6.07) is 2.66. The lowest BCUT2D eigenvalue weighted by Crippen LogP contribution is -2.19. The summed E-state index contributed by atoms with van der Waals surface area (Å²) in [6.07, 6.45) is 2.59. The van der Waals surface area contributed by atoms with Gasteiger partial charge in [0.1, 0.15) is 28.1 Å². The van der Waals surface area contributed by atoms with Gasteiger partial charge in [-0.15, -0.1) is 69.2 Å². The maximum Gasteiger partial charge on any atom is 0.369 e. The summed E-state index contributed by atoms with van der Waals surface area (Å²) in [4.78, 5) is 24.1. The molecule has 2 aliphatic heterocycles. The van der Waals surface area contributed by atoms with Crippen molar-refractivity contribution in [1.29, 1.82) is 0 Å². The molecule has 10 nitrogen and oxygen atoms in total. The minimum absolute atomic E-state index is 0.146. The molecule has 1 N–H and O–H groups in total. The number of methoxy groups -OCH3 is 1. The third kappa shape index (κ3) is 10.3. The molecule has 2 heterocycles. The van der Waals surface area contributed by atoms with Gasteiger partial charge >= 0.3 is 3.18 Å². The molecule has 20 heteroatoms. The summed E-state index contributed by atoms with van der Waals surface area (Å²) < 4.78 is 80.5. The van der Waals surface area contributed by atoms with Gasteiger partial charge in [-0.25, -0.2) is 26.0 Å². The zero-order valence-electron chi connectivity index (χ0n) is 22.0. The Morgan fingerprint density at radius 3 is 1.86 bits per heavy atom. The average molecular weight is 837 g/mol. The minimum Gasteiger partial charge on any atom is -0.504 e. The van der Waals surface area contributed by atoms with E-state index in [0.29, 0.717) is 23.2 Å². The van der Waals surface area contributed by atoms with Crippen molar-refractivity contribution in [2.45, 2.75) is 12.8 Å². The Balaban J connectivity index is 0.000000267. The van der Waals surface area contributed by atoms with Crippen LogP contribution in [0.4, 0.5) is 17.6 Å². The van der Waals surface area contributed by atoms with E-state index in [1.54, 1.807) is 0 Å². The number of Topliss-reactive ketones (excluding diaryl/α,β-unsaturated/α-hetero) is 2. The highest BCUT2D eigenvalue weighted by Crippen LogP contribution is 2.27. The molecule has 0 amide bonds. The van der Waals surface area contributed by atoms with Crippen LogP contribution in [0.25, 0.3) is 0 Å². The number of carbonyl (C=O) groups excluding carboxylic acids is 2. The molecular weight excluding hydrogens is 819 g/mol. The number of thioether (sulfide) groups is 1. The van der Waals surface area contributed by atoms with Gasteiger partial charge in [-0.1, -0.05) is 0 Å². The first-order valence-corrected chi connectivity index (χ1v) is 17.1. The Morgan fingerprint density at radius 2 is 1.37 bits per heavy atom. The lowest BCUT2D eigenvalue weighted by atomic mass is 10.0. The molecule has 4 rings (SSSR count). The lowest BCUT2D eigenvalue weighted by molar-refractivity contribution is 0.105. The Kier molecular flexibility index (Phi) is 13.7. The molecule has 43 heavy (non-hydrogen) atoms. The van der Waals surface area contributed by atoms with Crippen molar-refractivity contribution in [3.05, 3.63) is 58.7 Å². The van der Waals surface area contributed by atoms with Gasteiger partial charge in [-0.3, -0.25) is 9.59 Å². The van der Waals surface area contributed by atoms with Crippen LogP contribution >= 0.6 is 59.0 Å². The predicted molar refractivity (Wildman–Crippen MR) is 169 cm³/mol. The summed E-state index contributed by atoms with van der Waals surface area (Å²) in [5, 5.41) is 24.0. The summed E-state index contributed by atoms with van der Waals surface area (Å²) >= 11 is 10.7. The van der Waals surface area contributed by atoms with Gasteiger partial charge in [0.2, 0.25) is 11.6 Å². The van der Waals surface area contributed by atoms with Gasteiger partial charge in [0.05, 0.1) is 24.7 Å². The molecule has 2 aliphatic rings. The molecule has 0 spiro atoms. The van der Waals surface area contributed by atoms with Gasteiger partial charge in [0, 0.05) is 24.8 Å². The number of phenolic OH excluding ortho intramolecular Hbond substituents is 1. The van der Waals surface area contributed by atoms with Gasteiger partial charge in [0.25, 0.3) is 0 Å². The zero-order chi connectivity index (χ0) is 32.6. The maximum absolute atomic E-state index is 13.5. The fourth-order valence-electron chi connectivity index (χ4n) is 3.22. The molecule has 2 aromatic rings. The fraction of sp³-hybridized carbons (Fsp3) is 0.217. The number of aromatic hydroxyl groups is 1. The number of halogens is 7. The van der Waals surface area contributed by atoms with Crippen LogP contribution in [0, 0.1) is 23.3 Å². The van der Waals surface area contributed by atoms with Crippen molar-refractivity contribution in [3.63, 3.8) is 0 Å². The van der Waals surface area contributed by atoms with Crippen LogP contribution in [-0.2, 0) is 9.84 Å². The second-order valence-electron chi connectivity index (χ2n) is 8.07. The van der Waals surface area contributed by atoms with Crippen molar-refractivity contribution in [1.82, 2.24) is 0 Å². The van der Waals surface area contributed by atoms with E-state index < -0.39 is 56.0 Å². The standard InChI is InChI=1S/C12H10F2N2O2S.C11H8F2N2O4S.BBr3/c1-18-12-7(3-6(13)4-8(12)14)11(17)9-5-10(19-2)16-15-9;1-20(18,19)9-4-8(14-15-9)11(17)6-2-5(12)3-7(13)10(6)16;2-1(3)4/h3-4H,5H2,1-2H3;2-3,16H,4H2,1H3;. The van der Waals surface area contributed by atoms with Gasteiger partial charge in [0.15, 0.2) is 38.0 Å². The van der Waals surface area contributed by atoms with Crippen LogP contribution in [0.15, 0.2) is 44.7 Å². The monoisotopic (exact) mass is 834 g/mol. The summed E-state index contributed by atoms with van der Waals surface area (Å²) in [7, 11) is -2.39. The molecule has 2 aromatic carbocycles. The Hall–Kier alpha value is -2.42. The average Bonchev–Trinajstić information content (AvgIpc) is 3.60. The van der Waals surface area contributed by atoms with Gasteiger partial charge < -0.3 is 9.84 Å². The molecule has 0 unspecified atom stereocenters. The summed E-state index contributed by atoms with van der Waals surface area (Å²) in [6.45, 7) is 0. The number of phenols is 1. The highest BCUT2D eigenvalue weighted by molar-refractivity contribution is 9.69. The second-order valence-corrected chi connectivity index (χ2v) is 17.4. The molecule has 0 fully saturated rings. The number of carbonyl (C=O) groups is 2. The van der Waals surface area contributed by atoms with Crippen molar-refractivity contribution >= 4 is 105 Å². The summed E-state index contributed by atoms with van der Waals surface area (Å²) in [5.41, 5.74) is -0.985. The molecule has 0 saturated heterocycles. The Labute approximate surface area is 272 Å². The van der Waals surface area contributed by atoms with E-state index in [-0.39, 0.29) is 43.8 Å². The number of hydrogen-bond donors (Lipinski definition) is 1. The van der Waals surface area contributed by atoms with E-state index in [1.807, 2.05) is 6.26 Å². The number of hydrogen-bond acceptors (Lipinski definition) is 11. The first-order chi connectivity index (χ1) is 20.0. The molecular formula is C23H18BBr3F4N4O6S2. The quantitative estimate of drug-likeness (QED) is 0.225. The van der Waals surface area contributed by atoms with E-state index in [9.17, 15) is 40.7 Å². The number of benzene rings is 2. The number of nitrogens with zero attached hydrogens (tertiary/aromatic N) is 4. The van der Waals surface area contributed by atoms with Crippen molar-refractivity contribution in [2.75, 3.05) is 19.6 Å². The minimum atomic E-state index is -3.61. The van der Waals surface area contributed by atoms with Gasteiger partial charge in [-0.05, 0) is 18.4 Å². The number of ketones is 2.